The molecule has 1 saturated carbocycles. The van der Waals surface area contributed by atoms with E-state index in [2.05, 4.69) is 30.9 Å². The molecule has 12 heteroatoms. The smallest absolute Gasteiger partial charge is 0.236 e. The van der Waals surface area contributed by atoms with E-state index in [9.17, 15) is 18.7 Å². The second-order valence-electron chi connectivity index (χ2n) is 9.37. The monoisotopic (exact) mass is 530 g/mol. The Hall–Kier alpha value is -2.93. The lowest BCUT2D eigenvalue weighted by atomic mass is 9.79. The Morgan fingerprint density at radius 1 is 1.22 bits per heavy atom. The highest BCUT2D eigenvalue weighted by atomic mass is 32.2. The van der Waals surface area contributed by atoms with Crippen molar-refractivity contribution in [1.29, 1.82) is 0 Å². The van der Waals surface area contributed by atoms with E-state index in [0.29, 0.717) is 31.0 Å². The molecule has 0 spiro atoms. The van der Waals surface area contributed by atoms with Crippen molar-refractivity contribution in [2.45, 2.75) is 55.4 Å². The second-order valence-corrected chi connectivity index (χ2v) is 10.3. The molecule has 2 aromatic heterocycles. The van der Waals surface area contributed by atoms with E-state index in [1.165, 1.54) is 31.0 Å². The minimum atomic E-state index is -0.692. The predicted molar refractivity (Wildman–Crippen MR) is 135 cm³/mol. The molecule has 4 N–H and O–H groups in total. The van der Waals surface area contributed by atoms with Crippen LogP contribution in [0.2, 0.25) is 0 Å². The molecule has 1 amide bonds. The summed E-state index contributed by atoms with van der Waals surface area (Å²) in [5, 5.41) is 20.7. The average Bonchev–Trinajstić information content (AvgIpc) is 2.91. The van der Waals surface area contributed by atoms with Gasteiger partial charge < -0.3 is 25.8 Å². The Morgan fingerprint density at radius 3 is 2.78 bits per heavy atom. The Morgan fingerprint density at radius 2 is 2.03 bits per heavy atom. The van der Waals surface area contributed by atoms with Crippen LogP contribution in [0.5, 0.6) is 5.88 Å². The van der Waals surface area contributed by atoms with Gasteiger partial charge in [-0.3, -0.25) is 4.79 Å². The molecule has 196 valence electrons. The molecular weight excluding hydrogens is 502 g/mol. The van der Waals surface area contributed by atoms with Crippen molar-refractivity contribution >= 4 is 34.4 Å². The Bertz CT molecular complexity index is 1320. The fourth-order valence-corrected chi connectivity index (χ4v) is 5.51. The van der Waals surface area contributed by atoms with Crippen molar-refractivity contribution in [2.75, 3.05) is 24.8 Å². The molecule has 0 atom stereocenters. The summed E-state index contributed by atoms with van der Waals surface area (Å²) in [6, 6.07) is 4.14. The van der Waals surface area contributed by atoms with Crippen molar-refractivity contribution in [3.63, 3.8) is 0 Å². The van der Waals surface area contributed by atoms with E-state index in [4.69, 9.17) is 4.74 Å². The molecule has 0 radical (unpaired) electrons. The lowest BCUT2D eigenvalue weighted by Crippen LogP contribution is -2.53. The van der Waals surface area contributed by atoms with Crippen LogP contribution in [0.1, 0.15) is 36.9 Å². The highest BCUT2D eigenvalue weighted by molar-refractivity contribution is 8.00. The zero-order valence-corrected chi connectivity index (χ0v) is 21.1. The van der Waals surface area contributed by atoms with E-state index < -0.39 is 17.2 Å². The van der Waals surface area contributed by atoms with Gasteiger partial charge in [0.25, 0.3) is 0 Å². The van der Waals surface area contributed by atoms with Gasteiger partial charge in [0, 0.05) is 47.8 Å². The average molecular weight is 531 g/mol. The molecule has 1 aliphatic carbocycles. The Balaban J connectivity index is 1.21. The molecule has 1 aromatic carbocycles. The summed E-state index contributed by atoms with van der Waals surface area (Å²) in [6.07, 6.45) is 4.63. The predicted octanol–water partition coefficient (Wildman–Crippen LogP) is 2.91. The van der Waals surface area contributed by atoms with Gasteiger partial charge >= 0.3 is 0 Å². The number of nitrogens with one attached hydrogen (secondary N) is 3. The number of aliphatic hydroxyl groups is 1. The van der Waals surface area contributed by atoms with Crippen LogP contribution >= 0.6 is 11.8 Å². The first-order valence-electron chi connectivity index (χ1n) is 12.1. The molecule has 1 aliphatic heterocycles. The van der Waals surface area contributed by atoms with Crippen LogP contribution in [0.25, 0.3) is 10.9 Å². The van der Waals surface area contributed by atoms with Gasteiger partial charge in [0.1, 0.15) is 16.7 Å². The number of ether oxygens (including phenoxy) is 1. The molecule has 1 fully saturated rings. The van der Waals surface area contributed by atoms with Crippen molar-refractivity contribution in [2.24, 2.45) is 0 Å². The standard InChI is InChI=1S/C25H28F2N6O3S/c1-36-21-3-2-16-18(26)8-19(27)17(22(16)33-21)11-30-25(13-34)6-4-14(5-7-25)28-9-15-10-29-24-23(31-15)32-20(35)12-37-24/h2-3,8,10,14,28,30,34H,4-7,9,11-13H2,1H3,(H,31,32,35). The molecular formula is C25H28F2N6O3S. The minimum Gasteiger partial charge on any atom is -0.481 e. The fraction of sp³-hybridized carbons (Fsp3) is 0.440. The molecule has 5 rings (SSSR count). The number of thioether (sulfide) groups is 1. The summed E-state index contributed by atoms with van der Waals surface area (Å²) < 4.78 is 34.2. The van der Waals surface area contributed by atoms with Gasteiger partial charge in [-0.15, -0.1) is 0 Å². The zero-order chi connectivity index (χ0) is 26.0. The quantitative estimate of drug-likeness (QED) is 0.348. The summed E-state index contributed by atoms with van der Waals surface area (Å²) in [5.41, 5.74) is 0.588. The van der Waals surface area contributed by atoms with Crippen LogP contribution in [-0.2, 0) is 17.9 Å². The highest BCUT2D eigenvalue weighted by Gasteiger charge is 2.35. The molecule has 37 heavy (non-hydrogen) atoms. The van der Waals surface area contributed by atoms with Gasteiger partial charge in [-0.25, -0.2) is 23.7 Å². The van der Waals surface area contributed by atoms with Gasteiger partial charge in [0.2, 0.25) is 11.8 Å². The first-order valence-corrected chi connectivity index (χ1v) is 13.1. The van der Waals surface area contributed by atoms with E-state index >= 15 is 0 Å². The molecule has 9 nitrogen and oxygen atoms in total. The van der Waals surface area contributed by atoms with Crippen molar-refractivity contribution in [1.82, 2.24) is 25.6 Å². The van der Waals surface area contributed by atoms with Crippen LogP contribution in [0, 0.1) is 11.6 Å². The van der Waals surface area contributed by atoms with E-state index in [0.717, 1.165) is 29.6 Å². The van der Waals surface area contributed by atoms with E-state index in [-0.39, 0.29) is 47.4 Å². The number of carbonyl (C=O) groups excluding carboxylic acids is 1. The first-order chi connectivity index (χ1) is 17.9. The number of methoxy groups -OCH3 is 1. The number of anilines is 1. The maximum absolute atomic E-state index is 14.8. The van der Waals surface area contributed by atoms with Crippen LogP contribution in [0.15, 0.2) is 29.4 Å². The zero-order valence-electron chi connectivity index (χ0n) is 20.3. The normalized spacial score (nSPS) is 21.5. The number of carbonyl (C=O) groups is 1. The summed E-state index contributed by atoms with van der Waals surface area (Å²) in [4.78, 5) is 24.8. The lowest BCUT2D eigenvalue weighted by molar-refractivity contribution is -0.113. The maximum Gasteiger partial charge on any atom is 0.236 e. The third kappa shape index (κ3) is 5.52. The van der Waals surface area contributed by atoms with Crippen molar-refractivity contribution < 1.29 is 23.4 Å². The molecule has 0 saturated heterocycles. The largest absolute Gasteiger partial charge is 0.481 e. The number of pyridine rings is 1. The minimum absolute atomic E-state index is 0.0829. The van der Waals surface area contributed by atoms with E-state index in [1.54, 1.807) is 6.20 Å². The first kappa shape index (κ1) is 25.7. The fourth-order valence-electron chi connectivity index (χ4n) is 4.81. The SMILES string of the molecule is COc1ccc2c(F)cc(F)c(CNC3(CO)CCC(NCc4cnc5c(n4)NC(=O)CS5)CC3)c2n1. The van der Waals surface area contributed by atoms with Gasteiger partial charge in [-0.1, -0.05) is 11.8 Å². The van der Waals surface area contributed by atoms with E-state index in [1.807, 2.05) is 0 Å². The second kappa shape index (κ2) is 10.8. The van der Waals surface area contributed by atoms with Gasteiger partial charge in [0.05, 0.1) is 36.9 Å². The topological polar surface area (TPSA) is 121 Å². The Labute approximate surface area is 216 Å². The molecule has 0 bridgehead atoms. The van der Waals surface area contributed by atoms with Crippen LogP contribution in [-0.4, -0.2) is 57.0 Å². The molecule has 0 unspecified atom stereocenters. The highest BCUT2D eigenvalue weighted by Crippen LogP contribution is 2.31. The molecule has 2 aliphatic rings. The van der Waals surface area contributed by atoms with Gasteiger partial charge in [-0.2, -0.15) is 0 Å². The van der Waals surface area contributed by atoms with Crippen LogP contribution in [0.4, 0.5) is 14.6 Å². The molecule has 3 aromatic rings. The number of nitrogens with zero attached hydrogens (tertiary/aromatic N) is 3. The number of hydrogen-bond donors (Lipinski definition) is 4. The van der Waals surface area contributed by atoms with Gasteiger partial charge in [0.15, 0.2) is 5.82 Å². The summed E-state index contributed by atoms with van der Waals surface area (Å²) >= 11 is 1.37. The third-order valence-electron chi connectivity index (χ3n) is 7.01. The summed E-state index contributed by atoms with van der Waals surface area (Å²) in [6.45, 7) is 0.492. The van der Waals surface area contributed by atoms with Crippen molar-refractivity contribution in [3.05, 3.63) is 47.3 Å². The molecule has 3 heterocycles. The van der Waals surface area contributed by atoms with Crippen molar-refractivity contribution in [3.8, 4) is 5.88 Å². The van der Waals surface area contributed by atoms with Gasteiger partial charge in [-0.05, 0) is 31.7 Å². The number of benzene rings is 1. The third-order valence-corrected chi connectivity index (χ3v) is 7.99. The number of halogens is 2. The summed E-state index contributed by atoms with van der Waals surface area (Å²) in [7, 11) is 1.45. The number of hydrogen-bond acceptors (Lipinski definition) is 9. The number of fused-ring (bicyclic) bond motifs is 2. The number of rotatable bonds is 8. The number of aromatic nitrogens is 3. The number of amides is 1. The summed E-state index contributed by atoms with van der Waals surface area (Å²) in [5.74, 6) is -0.341. The Kier molecular flexibility index (Phi) is 7.52. The maximum atomic E-state index is 14.8. The lowest BCUT2D eigenvalue weighted by Gasteiger charge is -2.40. The number of aliphatic hydroxyl groups excluding tert-OH is 1. The van der Waals surface area contributed by atoms with Crippen LogP contribution in [0.3, 0.4) is 0 Å². The van der Waals surface area contributed by atoms with Crippen LogP contribution < -0.4 is 20.7 Å².